The number of aromatic amines is 1. The standard InChI is InChI=1S/C18H23FN6O3/c1-10-3-2-4-27-17-9-20-8-16(23-17)22-15-7-13(24-25-15)11-5-12(19)14(6-11)28-18(26)21-10/h7-12,14H,2-6H2,1H3,(H,21,26)(H2,22,23,24,25)/t10-,11?,12?,14?/m0/s1. The second kappa shape index (κ2) is 7.99. The Morgan fingerprint density at radius 1 is 1.25 bits per heavy atom. The van der Waals surface area contributed by atoms with Crippen molar-refractivity contribution in [3.63, 3.8) is 0 Å². The van der Waals surface area contributed by atoms with Crippen LogP contribution >= 0.6 is 0 Å². The van der Waals surface area contributed by atoms with Crippen molar-refractivity contribution in [1.82, 2.24) is 25.5 Å². The van der Waals surface area contributed by atoms with E-state index in [0.29, 0.717) is 43.4 Å². The monoisotopic (exact) mass is 390 g/mol. The molecule has 10 heteroatoms. The fourth-order valence-corrected chi connectivity index (χ4v) is 3.55. The number of alkyl carbamates (subject to hydrolysis) is 1. The summed E-state index contributed by atoms with van der Waals surface area (Å²) in [5.41, 5.74) is 0.784. The molecule has 2 aromatic rings. The maximum Gasteiger partial charge on any atom is 0.407 e. The number of H-pyrrole nitrogens is 1. The zero-order valence-electron chi connectivity index (χ0n) is 15.5. The molecule has 4 atom stereocenters. The average Bonchev–Trinajstić information content (AvgIpc) is 3.25. The van der Waals surface area contributed by atoms with Gasteiger partial charge in [-0.15, -0.1) is 0 Å². The van der Waals surface area contributed by atoms with Gasteiger partial charge >= 0.3 is 6.09 Å². The van der Waals surface area contributed by atoms with Gasteiger partial charge in [-0.05, 0) is 32.6 Å². The zero-order chi connectivity index (χ0) is 19.5. The van der Waals surface area contributed by atoms with E-state index >= 15 is 0 Å². The second-order valence-electron chi connectivity index (χ2n) is 7.24. The quantitative estimate of drug-likeness (QED) is 0.634. The van der Waals surface area contributed by atoms with Crippen molar-refractivity contribution in [1.29, 1.82) is 0 Å². The Balaban J connectivity index is 1.55. The van der Waals surface area contributed by atoms with Gasteiger partial charge in [0.05, 0.1) is 19.0 Å². The molecule has 0 saturated heterocycles. The maximum atomic E-state index is 14.4. The van der Waals surface area contributed by atoms with Gasteiger partial charge in [-0.3, -0.25) is 10.1 Å². The van der Waals surface area contributed by atoms with E-state index in [9.17, 15) is 9.18 Å². The molecular formula is C18H23FN6O3. The molecule has 2 aromatic heterocycles. The van der Waals surface area contributed by atoms with Crippen LogP contribution in [0.15, 0.2) is 18.5 Å². The number of rotatable bonds is 0. The number of nitrogens with one attached hydrogen (secondary N) is 3. The number of halogens is 1. The van der Waals surface area contributed by atoms with Crippen molar-refractivity contribution in [3.8, 4) is 5.88 Å². The highest BCUT2D eigenvalue weighted by Crippen LogP contribution is 2.38. The molecule has 1 saturated carbocycles. The molecule has 28 heavy (non-hydrogen) atoms. The molecule has 0 radical (unpaired) electrons. The van der Waals surface area contributed by atoms with Crippen LogP contribution in [0, 0.1) is 0 Å². The SMILES string of the molecule is C[C@H]1CCCOc2cncc(n2)Nc2cc([nH]n2)C2CC(F)C(C2)OC(=O)N1. The third-order valence-corrected chi connectivity index (χ3v) is 4.99. The summed E-state index contributed by atoms with van der Waals surface area (Å²) >= 11 is 0. The van der Waals surface area contributed by atoms with Crippen molar-refractivity contribution in [2.45, 2.75) is 56.8 Å². The van der Waals surface area contributed by atoms with Crippen LogP contribution in [0.25, 0.3) is 0 Å². The molecule has 1 aliphatic heterocycles. The fourth-order valence-electron chi connectivity index (χ4n) is 3.55. The molecular weight excluding hydrogens is 367 g/mol. The second-order valence-corrected chi connectivity index (χ2v) is 7.24. The van der Waals surface area contributed by atoms with Gasteiger partial charge in [-0.25, -0.2) is 9.18 Å². The number of fused-ring (bicyclic) bond motifs is 7. The zero-order valence-corrected chi connectivity index (χ0v) is 15.5. The van der Waals surface area contributed by atoms with Crippen molar-refractivity contribution >= 4 is 17.7 Å². The predicted octanol–water partition coefficient (Wildman–Crippen LogP) is 2.81. The predicted molar refractivity (Wildman–Crippen MR) is 98.4 cm³/mol. The first-order valence-corrected chi connectivity index (χ1v) is 9.45. The van der Waals surface area contributed by atoms with E-state index in [1.54, 1.807) is 18.5 Å². The lowest BCUT2D eigenvalue weighted by Gasteiger charge is -2.18. The fraction of sp³-hybridized carbons (Fsp3) is 0.556. The molecule has 0 aromatic carbocycles. The summed E-state index contributed by atoms with van der Waals surface area (Å²) in [7, 11) is 0. The number of aromatic nitrogens is 4. The lowest BCUT2D eigenvalue weighted by molar-refractivity contribution is 0.0586. The van der Waals surface area contributed by atoms with E-state index in [0.717, 1.165) is 5.69 Å². The lowest BCUT2D eigenvalue weighted by Crippen LogP contribution is -2.37. The highest BCUT2D eigenvalue weighted by atomic mass is 19.1. The van der Waals surface area contributed by atoms with Crippen LogP contribution in [0.4, 0.5) is 20.8 Å². The van der Waals surface area contributed by atoms with Crippen LogP contribution in [0.3, 0.4) is 0 Å². The van der Waals surface area contributed by atoms with E-state index in [2.05, 4.69) is 30.8 Å². The van der Waals surface area contributed by atoms with E-state index in [4.69, 9.17) is 9.47 Å². The van der Waals surface area contributed by atoms with Gasteiger partial charge in [-0.2, -0.15) is 10.1 Å². The number of hydrogen-bond acceptors (Lipinski definition) is 7. The number of hydrogen-bond donors (Lipinski definition) is 3. The normalized spacial score (nSPS) is 28.1. The van der Waals surface area contributed by atoms with Crippen molar-refractivity contribution in [2.75, 3.05) is 11.9 Å². The van der Waals surface area contributed by atoms with Crippen molar-refractivity contribution in [3.05, 3.63) is 24.2 Å². The summed E-state index contributed by atoms with van der Waals surface area (Å²) in [5, 5.41) is 13.0. The van der Waals surface area contributed by atoms with Gasteiger partial charge in [-0.1, -0.05) is 0 Å². The van der Waals surface area contributed by atoms with E-state index < -0.39 is 18.4 Å². The molecule has 0 spiro atoms. The first-order valence-electron chi connectivity index (χ1n) is 9.45. The Morgan fingerprint density at radius 2 is 2.14 bits per heavy atom. The Hall–Kier alpha value is -2.91. The Morgan fingerprint density at radius 3 is 3.04 bits per heavy atom. The van der Waals surface area contributed by atoms with E-state index in [1.807, 2.05) is 6.92 Å². The summed E-state index contributed by atoms with van der Waals surface area (Å²) in [6, 6.07) is 1.69. The molecule has 3 N–H and O–H groups in total. The highest BCUT2D eigenvalue weighted by Gasteiger charge is 2.38. The van der Waals surface area contributed by atoms with Crippen molar-refractivity contribution < 1.29 is 18.7 Å². The number of carbonyl (C=O) groups is 1. The van der Waals surface area contributed by atoms with Crippen LogP contribution in [-0.2, 0) is 4.74 Å². The van der Waals surface area contributed by atoms with E-state index in [1.165, 1.54) is 0 Å². The van der Waals surface area contributed by atoms with Crippen LogP contribution in [0.5, 0.6) is 5.88 Å². The summed E-state index contributed by atoms with van der Waals surface area (Å²) in [6.45, 7) is 2.31. The average molecular weight is 390 g/mol. The molecule has 6 bridgehead atoms. The molecule has 1 amide bonds. The molecule has 3 heterocycles. The largest absolute Gasteiger partial charge is 0.477 e. The number of anilines is 2. The van der Waals surface area contributed by atoms with Gasteiger partial charge < -0.3 is 20.1 Å². The summed E-state index contributed by atoms with van der Waals surface area (Å²) in [6.07, 6.45) is 2.65. The molecule has 3 unspecified atom stereocenters. The van der Waals surface area contributed by atoms with Crippen LogP contribution in [0.1, 0.15) is 44.2 Å². The topological polar surface area (TPSA) is 114 Å². The molecule has 9 nitrogen and oxygen atoms in total. The summed E-state index contributed by atoms with van der Waals surface area (Å²) in [4.78, 5) is 20.6. The van der Waals surface area contributed by atoms with Crippen LogP contribution in [0.2, 0.25) is 0 Å². The first-order chi connectivity index (χ1) is 13.6. The number of nitrogens with zero attached hydrogens (tertiary/aromatic N) is 3. The van der Waals surface area contributed by atoms with Gasteiger partial charge in [0, 0.05) is 23.7 Å². The van der Waals surface area contributed by atoms with Gasteiger partial charge in [0.25, 0.3) is 0 Å². The van der Waals surface area contributed by atoms with Crippen molar-refractivity contribution in [2.24, 2.45) is 0 Å². The van der Waals surface area contributed by atoms with E-state index in [-0.39, 0.29) is 18.4 Å². The lowest BCUT2D eigenvalue weighted by atomic mass is 10.0. The molecule has 150 valence electrons. The van der Waals surface area contributed by atoms with Gasteiger partial charge in [0.1, 0.15) is 12.3 Å². The number of carbonyl (C=O) groups excluding carboxylic acids is 1. The maximum absolute atomic E-state index is 14.4. The summed E-state index contributed by atoms with van der Waals surface area (Å²) < 4.78 is 25.3. The first kappa shape index (κ1) is 18.5. The number of amides is 1. The molecule has 2 aliphatic rings. The van der Waals surface area contributed by atoms with Gasteiger partial charge in [0.15, 0.2) is 11.6 Å². The Kier molecular flexibility index (Phi) is 5.27. The minimum Gasteiger partial charge on any atom is -0.477 e. The number of alkyl halides is 1. The highest BCUT2D eigenvalue weighted by molar-refractivity contribution is 5.67. The minimum atomic E-state index is -1.20. The molecule has 1 fully saturated rings. The Labute approximate surface area is 161 Å². The van der Waals surface area contributed by atoms with Gasteiger partial charge in [0.2, 0.25) is 5.88 Å². The number of ether oxygens (including phenoxy) is 2. The molecule has 1 aliphatic carbocycles. The third kappa shape index (κ3) is 4.32. The van der Waals surface area contributed by atoms with Crippen LogP contribution < -0.4 is 15.4 Å². The third-order valence-electron chi connectivity index (χ3n) is 4.99. The smallest absolute Gasteiger partial charge is 0.407 e. The Bertz CT molecular complexity index is 831. The van der Waals surface area contributed by atoms with Crippen LogP contribution in [-0.4, -0.2) is 51.2 Å². The minimum absolute atomic E-state index is 0.104. The summed E-state index contributed by atoms with van der Waals surface area (Å²) in [5.74, 6) is 1.36. The molecule has 4 rings (SSSR count).